The molecule has 4 aromatic rings. The van der Waals surface area contributed by atoms with Gasteiger partial charge in [-0.05, 0) is 35.4 Å². The van der Waals surface area contributed by atoms with Gasteiger partial charge in [-0.3, -0.25) is 4.79 Å². The van der Waals surface area contributed by atoms with Gasteiger partial charge in [0.15, 0.2) is 5.43 Å². The van der Waals surface area contributed by atoms with Crippen LogP contribution < -0.4 is 15.1 Å². The summed E-state index contributed by atoms with van der Waals surface area (Å²) in [6, 6.07) is 22.3. The van der Waals surface area contributed by atoms with E-state index < -0.39 is 5.82 Å². The molecule has 0 bridgehead atoms. The third kappa shape index (κ3) is 4.06. The number of pyridine rings is 1. The van der Waals surface area contributed by atoms with Crippen molar-refractivity contribution in [1.29, 1.82) is 0 Å². The molecule has 0 aliphatic rings. The second-order valence-electron chi connectivity index (χ2n) is 7.32. The Labute approximate surface area is 174 Å². The van der Waals surface area contributed by atoms with E-state index in [2.05, 4.69) is 0 Å². The smallest absolute Gasteiger partial charge is 0.189 e. The molecule has 0 amide bonds. The minimum absolute atomic E-state index is 0.185. The van der Waals surface area contributed by atoms with Gasteiger partial charge in [-0.1, -0.05) is 42.5 Å². The largest absolute Gasteiger partial charge is 0.497 e. The van der Waals surface area contributed by atoms with Crippen molar-refractivity contribution in [3.63, 3.8) is 0 Å². The first-order chi connectivity index (χ1) is 14.5. The van der Waals surface area contributed by atoms with Gasteiger partial charge in [0.05, 0.1) is 18.3 Å². The summed E-state index contributed by atoms with van der Waals surface area (Å²) < 4.78 is 22.2. The number of ether oxygens (including phenoxy) is 1. The Kier molecular flexibility index (Phi) is 5.53. The van der Waals surface area contributed by atoms with Crippen LogP contribution in [-0.4, -0.2) is 18.7 Å². The summed E-state index contributed by atoms with van der Waals surface area (Å²) in [6.07, 6.45) is 1.77. The van der Waals surface area contributed by atoms with Gasteiger partial charge >= 0.3 is 0 Å². The van der Waals surface area contributed by atoms with Crippen molar-refractivity contribution >= 4 is 16.6 Å². The number of aromatic nitrogens is 1. The summed E-state index contributed by atoms with van der Waals surface area (Å²) in [5.41, 5.74) is 3.08. The van der Waals surface area contributed by atoms with E-state index in [4.69, 9.17) is 4.74 Å². The predicted octanol–water partition coefficient (Wildman–Crippen LogP) is 4.83. The van der Waals surface area contributed by atoms with Gasteiger partial charge in [-0.15, -0.1) is 0 Å². The van der Waals surface area contributed by atoms with Gasteiger partial charge in [0.1, 0.15) is 11.6 Å². The average Bonchev–Trinajstić information content (AvgIpc) is 2.76. The molecule has 3 aromatic carbocycles. The Bertz CT molecular complexity index is 1240. The molecule has 4 nitrogen and oxygen atoms in total. The molecular formula is C25H23FN2O2. The van der Waals surface area contributed by atoms with Crippen LogP contribution >= 0.6 is 0 Å². The molecule has 0 aliphatic heterocycles. The third-order valence-corrected chi connectivity index (χ3v) is 5.21. The molecule has 0 N–H and O–H groups in total. The van der Waals surface area contributed by atoms with Gasteiger partial charge < -0.3 is 14.2 Å². The lowest BCUT2D eigenvalue weighted by molar-refractivity contribution is 0.414. The molecule has 0 radical (unpaired) electrons. The molecule has 1 aromatic heterocycles. The number of halogens is 1. The van der Waals surface area contributed by atoms with Crippen LogP contribution in [0.1, 0.15) is 11.1 Å². The van der Waals surface area contributed by atoms with Crippen LogP contribution in [0.3, 0.4) is 0 Å². The molecule has 5 heteroatoms. The lowest BCUT2D eigenvalue weighted by Crippen LogP contribution is -2.19. The minimum atomic E-state index is -0.414. The standard InChI is InChI=1S/C25H23FN2O2/c1-27(16-19-9-6-10-20(13-19)30-2)24-15-23-21(14-22(24)26)25(29)11-12-28(23)17-18-7-4-3-5-8-18/h3-15H,16-17H2,1-2H3. The van der Waals surface area contributed by atoms with Crippen molar-refractivity contribution < 1.29 is 9.13 Å². The van der Waals surface area contributed by atoms with E-state index in [9.17, 15) is 9.18 Å². The maximum atomic E-state index is 14.9. The van der Waals surface area contributed by atoms with Crippen LogP contribution in [0, 0.1) is 5.82 Å². The molecule has 0 atom stereocenters. The summed E-state index contributed by atoms with van der Waals surface area (Å²) in [4.78, 5) is 14.2. The summed E-state index contributed by atoms with van der Waals surface area (Å²) in [5.74, 6) is 0.346. The number of fused-ring (bicyclic) bond motifs is 1. The Morgan fingerprint density at radius 1 is 0.967 bits per heavy atom. The molecule has 0 unspecified atom stereocenters. The van der Waals surface area contributed by atoms with Crippen molar-refractivity contribution in [2.24, 2.45) is 0 Å². The van der Waals surface area contributed by atoms with E-state index in [1.165, 1.54) is 12.1 Å². The fraction of sp³-hybridized carbons (Fsp3) is 0.160. The Morgan fingerprint density at radius 3 is 2.50 bits per heavy atom. The zero-order chi connectivity index (χ0) is 21.1. The highest BCUT2D eigenvalue weighted by Gasteiger charge is 2.14. The van der Waals surface area contributed by atoms with Crippen LogP contribution in [0.2, 0.25) is 0 Å². The van der Waals surface area contributed by atoms with E-state index in [-0.39, 0.29) is 5.43 Å². The average molecular weight is 402 g/mol. The lowest BCUT2D eigenvalue weighted by Gasteiger charge is -2.22. The molecule has 0 fully saturated rings. The van der Waals surface area contributed by atoms with Crippen LogP contribution in [-0.2, 0) is 13.1 Å². The Hall–Kier alpha value is -3.60. The quantitative estimate of drug-likeness (QED) is 0.463. The number of benzene rings is 3. The highest BCUT2D eigenvalue weighted by atomic mass is 19.1. The zero-order valence-electron chi connectivity index (χ0n) is 17.0. The number of anilines is 1. The van der Waals surface area contributed by atoms with Crippen LogP contribution in [0.5, 0.6) is 5.75 Å². The summed E-state index contributed by atoms with van der Waals surface area (Å²) in [5, 5.41) is 0.379. The van der Waals surface area contributed by atoms with Gasteiger partial charge in [0.2, 0.25) is 0 Å². The normalized spacial score (nSPS) is 10.9. The molecule has 0 saturated carbocycles. The van der Waals surface area contributed by atoms with Gasteiger partial charge in [0.25, 0.3) is 0 Å². The SMILES string of the molecule is COc1cccc(CN(C)c2cc3c(cc2F)c(=O)ccn3Cc2ccccc2)c1. The molecule has 152 valence electrons. The minimum Gasteiger partial charge on any atom is -0.497 e. The van der Waals surface area contributed by atoms with Crippen molar-refractivity contribution in [1.82, 2.24) is 4.57 Å². The van der Waals surface area contributed by atoms with Gasteiger partial charge in [0, 0.05) is 37.8 Å². The van der Waals surface area contributed by atoms with Gasteiger partial charge in [-0.25, -0.2) is 4.39 Å². The monoisotopic (exact) mass is 402 g/mol. The molecule has 30 heavy (non-hydrogen) atoms. The highest BCUT2D eigenvalue weighted by Crippen LogP contribution is 2.26. The number of nitrogens with zero attached hydrogens (tertiary/aromatic N) is 2. The molecule has 0 spiro atoms. The topological polar surface area (TPSA) is 34.5 Å². The summed E-state index contributed by atoms with van der Waals surface area (Å²) in [6.45, 7) is 1.11. The molecule has 1 heterocycles. The number of methoxy groups -OCH3 is 1. The van der Waals surface area contributed by atoms with E-state index in [0.717, 1.165) is 16.9 Å². The number of rotatable bonds is 6. The van der Waals surface area contributed by atoms with E-state index >= 15 is 0 Å². The summed E-state index contributed by atoms with van der Waals surface area (Å²) >= 11 is 0. The highest BCUT2D eigenvalue weighted by molar-refractivity contribution is 5.83. The van der Waals surface area contributed by atoms with Crippen molar-refractivity contribution in [2.75, 3.05) is 19.1 Å². The Balaban J connectivity index is 1.73. The first kappa shape index (κ1) is 19.7. The maximum Gasteiger partial charge on any atom is 0.189 e. The van der Waals surface area contributed by atoms with Crippen LogP contribution in [0.25, 0.3) is 10.9 Å². The molecule has 0 aliphatic carbocycles. The van der Waals surface area contributed by atoms with E-state index in [1.807, 2.05) is 71.1 Å². The predicted molar refractivity (Wildman–Crippen MR) is 119 cm³/mol. The Morgan fingerprint density at radius 2 is 1.73 bits per heavy atom. The molecule has 4 rings (SSSR count). The second kappa shape index (κ2) is 8.41. The van der Waals surface area contributed by atoms with Gasteiger partial charge in [-0.2, -0.15) is 0 Å². The van der Waals surface area contributed by atoms with E-state index in [1.54, 1.807) is 19.4 Å². The zero-order valence-corrected chi connectivity index (χ0v) is 17.0. The van der Waals surface area contributed by atoms with E-state index in [0.29, 0.717) is 29.7 Å². The fourth-order valence-electron chi connectivity index (χ4n) is 3.65. The second-order valence-corrected chi connectivity index (χ2v) is 7.32. The first-order valence-electron chi connectivity index (χ1n) is 9.76. The number of hydrogen-bond donors (Lipinski definition) is 0. The van der Waals surface area contributed by atoms with Crippen LogP contribution in [0.4, 0.5) is 10.1 Å². The first-order valence-corrected chi connectivity index (χ1v) is 9.76. The molecular weight excluding hydrogens is 379 g/mol. The molecule has 0 saturated heterocycles. The fourth-order valence-corrected chi connectivity index (χ4v) is 3.65. The van der Waals surface area contributed by atoms with Crippen molar-refractivity contribution in [3.8, 4) is 5.75 Å². The van der Waals surface area contributed by atoms with Crippen molar-refractivity contribution in [2.45, 2.75) is 13.1 Å². The maximum absolute atomic E-state index is 14.9. The summed E-state index contributed by atoms with van der Waals surface area (Å²) in [7, 11) is 3.46. The van der Waals surface area contributed by atoms with Crippen LogP contribution in [0.15, 0.2) is 83.8 Å². The third-order valence-electron chi connectivity index (χ3n) is 5.21. The number of hydrogen-bond acceptors (Lipinski definition) is 3. The lowest BCUT2D eigenvalue weighted by atomic mass is 10.1. The van der Waals surface area contributed by atoms with Crippen molar-refractivity contribution in [3.05, 3.63) is 106 Å².